The predicted octanol–water partition coefficient (Wildman–Crippen LogP) is 0.138. The Bertz CT molecular complexity index is 728. The summed E-state index contributed by atoms with van der Waals surface area (Å²) in [5.74, 6) is -0.678. The molecule has 0 saturated carbocycles. The zero-order valence-electron chi connectivity index (χ0n) is 18.5. The van der Waals surface area contributed by atoms with Crippen LogP contribution in [0.2, 0.25) is 0 Å². The van der Waals surface area contributed by atoms with Crippen molar-refractivity contribution in [1.82, 2.24) is 25.8 Å². The second-order valence-corrected chi connectivity index (χ2v) is 7.61. The van der Waals surface area contributed by atoms with E-state index in [4.69, 9.17) is 9.90 Å². The summed E-state index contributed by atoms with van der Waals surface area (Å²) in [6, 6.07) is 2.12. The summed E-state index contributed by atoms with van der Waals surface area (Å²) in [7, 11) is 1.69. The van der Waals surface area contributed by atoms with Gasteiger partial charge in [-0.05, 0) is 50.4 Å². The number of carboxylic acid groups (broad SMARTS) is 1. The first-order chi connectivity index (χ1) is 14.8. The number of nitrogens with zero attached hydrogens (tertiary/aromatic N) is 2. The summed E-state index contributed by atoms with van der Waals surface area (Å²) < 4.78 is 0. The lowest BCUT2D eigenvalue weighted by atomic mass is 10.0. The van der Waals surface area contributed by atoms with Crippen molar-refractivity contribution in [3.8, 4) is 0 Å². The number of pyridine rings is 1. The number of hydrogen-bond donors (Lipinski definition) is 4. The van der Waals surface area contributed by atoms with Gasteiger partial charge in [-0.15, -0.1) is 0 Å². The fraction of sp³-hybridized carbons (Fsp3) is 0.571. The third-order valence-corrected chi connectivity index (χ3v) is 5.11. The van der Waals surface area contributed by atoms with Crippen molar-refractivity contribution in [2.45, 2.75) is 58.3 Å². The van der Waals surface area contributed by atoms with Gasteiger partial charge in [0.05, 0.1) is 6.04 Å². The molecule has 0 aliphatic carbocycles. The molecule has 1 aliphatic heterocycles. The third-order valence-electron chi connectivity index (χ3n) is 5.11. The highest BCUT2D eigenvalue weighted by Gasteiger charge is 2.38. The smallest absolute Gasteiger partial charge is 0.290 e. The molecule has 0 unspecified atom stereocenters. The molecule has 2 heterocycles. The van der Waals surface area contributed by atoms with Gasteiger partial charge < -0.3 is 26.0 Å². The SMILES string of the molecule is CN[C@@H](C)C(=O)N[C@@H](C(=O)N1CCC[C@H]1C(=O)NCc1ccncc1)C(C)C.O=CO. The summed E-state index contributed by atoms with van der Waals surface area (Å²) in [5, 5.41) is 15.5. The van der Waals surface area contributed by atoms with Gasteiger partial charge in [0.1, 0.15) is 12.1 Å². The molecule has 1 aliphatic rings. The molecular weight excluding hydrogens is 402 g/mol. The molecule has 0 radical (unpaired) electrons. The Morgan fingerprint density at radius 3 is 2.42 bits per heavy atom. The van der Waals surface area contributed by atoms with Crippen LogP contribution in [0.5, 0.6) is 0 Å². The molecule has 1 saturated heterocycles. The van der Waals surface area contributed by atoms with E-state index >= 15 is 0 Å². The van der Waals surface area contributed by atoms with Gasteiger partial charge in [-0.25, -0.2) is 0 Å². The normalized spacial score (nSPS) is 17.2. The lowest BCUT2D eigenvalue weighted by molar-refractivity contribution is -0.142. The van der Waals surface area contributed by atoms with Crippen LogP contribution in [0.4, 0.5) is 0 Å². The van der Waals surface area contributed by atoms with Crippen LogP contribution >= 0.6 is 0 Å². The van der Waals surface area contributed by atoms with Crippen molar-refractivity contribution < 1.29 is 24.3 Å². The maximum atomic E-state index is 13.1. The van der Waals surface area contributed by atoms with Crippen molar-refractivity contribution in [1.29, 1.82) is 0 Å². The van der Waals surface area contributed by atoms with E-state index in [2.05, 4.69) is 20.9 Å². The lowest BCUT2D eigenvalue weighted by Crippen LogP contribution is -2.57. The van der Waals surface area contributed by atoms with E-state index in [9.17, 15) is 14.4 Å². The molecule has 0 aromatic carbocycles. The lowest BCUT2D eigenvalue weighted by Gasteiger charge is -2.31. The molecule has 0 spiro atoms. The van der Waals surface area contributed by atoms with Crippen LogP contribution in [0.3, 0.4) is 0 Å². The highest BCUT2D eigenvalue weighted by atomic mass is 16.3. The minimum Gasteiger partial charge on any atom is -0.483 e. The largest absolute Gasteiger partial charge is 0.483 e. The Hall–Kier alpha value is -3.01. The second kappa shape index (κ2) is 13.3. The molecule has 4 N–H and O–H groups in total. The van der Waals surface area contributed by atoms with Crippen LogP contribution in [-0.2, 0) is 25.7 Å². The van der Waals surface area contributed by atoms with Gasteiger partial charge >= 0.3 is 0 Å². The number of nitrogens with one attached hydrogen (secondary N) is 3. The van der Waals surface area contributed by atoms with Gasteiger partial charge in [-0.2, -0.15) is 0 Å². The van der Waals surface area contributed by atoms with E-state index in [0.29, 0.717) is 19.5 Å². The van der Waals surface area contributed by atoms with Gasteiger partial charge in [-0.3, -0.25) is 24.2 Å². The molecule has 10 nitrogen and oxygen atoms in total. The van der Waals surface area contributed by atoms with E-state index in [1.807, 2.05) is 26.0 Å². The van der Waals surface area contributed by atoms with Gasteiger partial charge in [0.25, 0.3) is 6.47 Å². The number of likely N-dealkylation sites (N-methyl/N-ethyl adjacent to an activating group) is 1. The number of carbonyl (C=O) groups is 4. The summed E-state index contributed by atoms with van der Waals surface area (Å²) in [4.78, 5) is 52.0. The van der Waals surface area contributed by atoms with Crippen LogP contribution in [0.25, 0.3) is 0 Å². The van der Waals surface area contributed by atoms with Gasteiger partial charge in [-0.1, -0.05) is 13.8 Å². The Labute approximate surface area is 182 Å². The minimum absolute atomic E-state index is 0.0818. The Kier molecular flexibility index (Phi) is 11.2. The van der Waals surface area contributed by atoms with Gasteiger partial charge in [0, 0.05) is 25.5 Å². The molecule has 3 atom stereocenters. The second-order valence-electron chi connectivity index (χ2n) is 7.61. The minimum atomic E-state index is -0.656. The first-order valence-electron chi connectivity index (χ1n) is 10.3. The number of amides is 3. The standard InChI is InChI=1S/C20H31N5O3.CH2O2/c1-13(2)17(24-18(26)14(3)21-4)20(28)25-11-5-6-16(25)19(27)23-12-15-7-9-22-10-8-15;2-1-3/h7-10,13-14,16-17,21H,5-6,11-12H2,1-4H3,(H,23,27)(H,24,26);1H,(H,2,3)/t14-,16-,17+;/m0./s1. The summed E-state index contributed by atoms with van der Waals surface area (Å²) in [6.07, 6.45) is 4.74. The number of rotatable bonds is 8. The molecule has 1 aromatic rings. The quantitative estimate of drug-likeness (QED) is 0.426. The summed E-state index contributed by atoms with van der Waals surface area (Å²) >= 11 is 0. The third kappa shape index (κ3) is 7.97. The highest BCUT2D eigenvalue weighted by molar-refractivity contribution is 5.93. The molecule has 3 amide bonds. The van der Waals surface area contributed by atoms with E-state index in [0.717, 1.165) is 12.0 Å². The van der Waals surface area contributed by atoms with Crippen molar-refractivity contribution in [3.05, 3.63) is 30.1 Å². The maximum absolute atomic E-state index is 13.1. The molecule has 10 heteroatoms. The number of likely N-dealkylation sites (tertiary alicyclic amines) is 1. The van der Waals surface area contributed by atoms with E-state index in [1.165, 1.54) is 0 Å². The number of hydrogen-bond acceptors (Lipinski definition) is 6. The van der Waals surface area contributed by atoms with Crippen molar-refractivity contribution in [2.75, 3.05) is 13.6 Å². The zero-order chi connectivity index (χ0) is 23.4. The van der Waals surface area contributed by atoms with Gasteiger partial charge in [0.2, 0.25) is 17.7 Å². The van der Waals surface area contributed by atoms with E-state index < -0.39 is 18.1 Å². The highest BCUT2D eigenvalue weighted by Crippen LogP contribution is 2.20. The maximum Gasteiger partial charge on any atom is 0.290 e. The van der Waals surface area contributed by atoms with Gasteiger partial charge in [0.15, 0.2) is 0 Å². The van der Waals surface area contributed by atoms with Crippen LogP contribution in [0.1, 0.15) is 39.2 Å². The van der Waals surface area contributed by atoms with Crippen molar-refractivity contribution >= 4 is 24.2 Å². The predicted molar refractivity (Wildman–Crippen MR) is 115 cm³/mol. The molecule has 31 heavy (non-hydrogen) atoms. The summed E-state index contributed by atoms with van der Waals surface area (Å²) in [5.41, 5.74) is 0.951. The van der Waals surface area contributed by atoms with Crippen LogP contribution in [-0.4, -0.2) is 70.9 Å². The molecule has 1 fully saturated rings. The molecule has 172 valence electrons. The topological polar surface area (TPSA) is 141 Å². The van der Waals surface area contributed by atoms with Crippen molar-refractivity contribution in [3.63, 3.8) is 0 Å². The Morgan fingerprint density at radius 2 is 1.87 bits per heavy atom. The molecule has 0 bridgehead atoms. The molecular formula is C21H33N5O5. The van der Waals surface area contributed by atoms with Crippen LogP contribution < -0.4 is 16.0 Å². The van der Waals surface area contributed by atoms with E-state index in [1.54, 1.807) is 31.3 Å². The van der Waals surface area contributed by atoms with Crippen LogP contribution in [0, 0.1) is 5.92 Å². The average molecular weight is 436 g/mol. The average Bonchev–Trinajstić information content (AvgIpc) is 3.25. The monoisotopic (exact) mass is 435 g/mol. The molecule has 1 aromatic heterocycles. The Balaban J connectivity index is 0.00000151. The zero-order valence-corrected chi connectivity index (χ0v) is 18.5. The summed E-state index contributed by atoms with van der Waals surface area (Å²) in [6.45, 7) is 6.18. The van der Waals surface area contributed by atoms with E-state index in [-0.39, 0.29) is 30.1 Å². The first-order valence-corrected chi connectivity index (χ1v) is 10.3. The fourth-order valence-electron chi connectivity index (χ4n) is 3.21. The Morgan fingerprint density at radius 1 is 1.26 bits per heavy atom. The number of aromatic nitrogens is 1. The molecule has 2 rings (SSSR count). The number of carbonyl (C=O) groups excluding carboxylic acids is 3. The fourth-order valence-corrected chi connectivity index (χ4v) is 3.21. The van der Waals surface area contributed by atoms with Crippen LogP contribution in [0.15, 0.2) is 24.5 Å². The first kappa shape index (κ1) is 26.0. The van der Waals surface area contributed by atoms with Crippen molar-refractivity contribution in [2.24, 2.45) is 5.92 Å².